The SMILES string of the molecule is CCNCC1(Nc2ccc(F)c(Cl)c2)CCCCC1. The highest BCUT2D eigenvalue weighted by Gasteiger charge is 2.31. The molecule has 0 unspecified atom stereocenters. The van der Waals surface area contributed by atoms with Gasteiger partial charge in [-0.25, -0.2) is 4.39 Å². The van der Waals surface area contributed by atoms with Crippen molar-refractivity contribution in [1.29, 1.82) is 0 Å². The van der Waals surface area contributed by atoms with Crippen molar-refractivity contribution in [2.24, 2.45) is 0 Å². The van der Waals surface area contributed by atoms with E-state index >= 15 is 0 Å². The van der Waals surface area contributed by atoms with Gasteiger partial charge in [0.05, 0.1) is 5.02 Å². The van der Waals surface area contributed by atoms with E-state index in [9.17, 15) is 4.39 Å². The fourth-order valence-corrected chi connectivity index (χ4v) is 3.00. The van der Waals surface area contributed by atoms with Gasteiger partial charge in [-0.2, -0.15) is 0 Å². The first kappa shape index (κ1) is 14.6. The van der Waals surface area contributed by atoms with Crippen molar-refractivity contribution in [3.05, 3.63) is 29.0 Å². The minimum atomic E-state index is -0.364. The lowest BCUT2D eigenvalue weighted by atomic mass is 9.81. The Bertz CT molecular complexity index is 417. The van der Waals surface area contributed by atoms with E-state index in [2.05, 4.69) is 17.6 Å². The van der Waals surface area contributed by atoms with E-state index in [0.29, 0.717) is 0 Å². The molecule has 1 fully saturated rings. The summed E-state index contributed by atoms with van der Waals surface area (Å²) < 4.78 is 13.2. The molecular weight excluding hydrogens is 263 g/mol. The van der Waals surface area contributed by atoms with Crippen molar-refractivity contribution in [1.82, 2.24) is 5.32 Å². The van der Waals surface area contributed by atoms with Gasteiger partial charge >= 0.3 is 0 Å². The molecule has 0 radical (unpaired) electrons. The molecule has 0 aliphatic heterocycles. The highest BCUT2D eigenvalue weighted by atomic mass is 35.5. The minimum Gasteiger partial charge on any atom is -0.378 e. The van der Waals surface area contributed by atoms with Gasteiger partial charge in [0, 0.05) is 17.8 Å². The van der Waals surface area contributed by atoms with E-state index in [-0.39, 0.29) is 16.4 Å². The quantitative estimate of drug-likeness (QED) is 0.847. The fourth-order valence-electron chi connectivity index (χ4n) is 2.82. The summed E-state index contributed by atoms with van der Waals surface area (Å²) in [5.41, 5.74) is 0.987. The zero-order valence-electron chi connectivity index (χ0n) is 11.4. The maximum atomic E-state index is 13.2. The second-order valence-corrected chi connectivity index (χ2v) is 5.78. The number of hydrogen-bond donors (Lipinski definition) is 2. The zero-order valence-corrected chi connectivity index (χ0v) is 12.2. The molecule has 1 aliphatic carbocycles. The molecule has 1 aromatic rings. The Hall–Kier alpha value is -0.800. The smallest absolute Gasteiger partial charge is 0.141 e. The molecule has 0 atom stereocenters. The van der Waals surface area contributed by atoms with Gasteiger partial charge in [0.1, 0.15) is 5.82 Å². The number of halogens is 2. The van der Waals surface area contributed by atoms with Gasteiger partial charge in [-0.15, -0.1) is 0 Å². The van der Waals surface area contributed by atoms with Gasteiger partial charge in [0.2, 0.25) is 0 Å². The lowest BCUT2D eigenvalue weighted by Gasteiger charge is -2.39. The lowest BCUT2D eigenvalue weighted by Crippen LogP contribution is -2.48. The second kappa shape index (κ2) is 6.58. The molecule has 1 saturated carbocycles. The Kier molecular flexibility index (Phi) is 5.06. The highest BCUT2D eigenvalue weighted by Crippen LogP contribution is 2.32. The number of nitrogens with one attached hydrogen (secondary N) is 2. The van der Waals surface area contributed by atoms with Crippen LogP contribution in [0.15, 0.2) is 18.2 Å². The summed E-state index contributed by atoms with van der Waals surface area (Å²) in [6, 6.07) is 4.87. The average Bonchev–Trinajstić information content (AvgIpc) is 2.42. The zero-order chi connectivity index (χ0) is 13.7. The molecule has 0 amide bonds. The molecule has 106 valence electrons. The van der Waals surface area contributed by atoms with Crippen molar-refractivity contribution in [2.75, 3.05) is 18.4 Å². The summed E-state index contributed by atoms with van der Waals surface area (Å²) in [5, 5.41) is 7.20. The first-order valence-corrected chi connectivity index (χ1v) is 7.47. The fraction of sp³-hybridized carbons (Fsp3) is 0.600. The third-order valence-corrected chi connectivity index (χ3v) is 4.14. The van der Waals surface area contributed by atoms with Crippen LogP contribution in [-0.4, -0.2) is 18.6 Å². The molecule has 2 N–H and O–H groups in total. The Labute approximate surface area is 119 Å². The Morgan fingerprint density at radius 2 is 2.00 bits per heavy atom. The molecule has 1 aliphatic rings. The number of rotatable bonds is 5. The van der Waals surface area contributed by atoms with Gasteiger partial charge < -0.3 is 10.6 Å². The molecule has 4 heteroatoms. The van der Waals surface area contributed by atoms with Crippen molar-refractivity contribution < 1.29 is 4.39 Å². The predicted octanol–water partition coefficient (Wildman–Crippen LogP) is 4.20. The van der Waals surface area contributed by atoms with E-state index in [1.165, 1.54) is 25.3 Å². The van der Waals surface area contributed by atoms with Gasteiger partial charge in [0.15, 0.2) is 0 Å². The third-order valence-electron chi connectivity index (χ3n) is 3.85. The molecule has 2 rings (SSSR count). The van der Waals surface area contributed by atoms with E-state index in [1.54, 1.807) is 12.1 Å². The van der Waals surface area contributed by atoms with E-state index in [4.69, 9.17) is 11.6 Å². The van der Waals surface area contributed by atoms with Crippen LogP contribution in [0.3, 0.4) is 0 Å². The first-order chi connectivity index (χ1) is 9.15. The summed E-state index contributed by atoms with van der Waals surface area (Å²) in [6.45, 7) is 4.03. The average molecular weight is 285 g/mol. The largest absolute Gasteiger partial charge is 0.378 e. The monoisotopic (exact) mass is 284 g/mol. The van der Waals surface area contributed by atoms with E-state index < -0.39 is 0 Å². The maximum absolute atomic E-state index is 13.2. The molecule has 19 heavy (non-hydrogen) atoms. The molecule has 2 nitrogen and oxygen atoms in total. The summed E-state index contributed by atoms with van der Waals surface area (Å²) in [4.78, 5) is 0. The van der Waals surface area contributed by atoms with Crippen LogP contribution in [0.5, 0.6) is 0 Å². The number of likely N-dealkylation sites (N-methyl/N-ethyl adjacent to an activating group) is 1. The third kappa shape index (κ3) is 3.83. The van der Waals surface area contributed by atoms with E-state index in [0.717, 1.165) is 31.6 Å². The highest BCUT2D eigenvalue weighted by molar-refractivity contribution is 6.31. The second-order valence-electron chi connectivity index (χ2n) is 5.38. The molecule has 0 spiro atoms. The van der Waals surface area contributed by atoms with Crippen LogP contribution >= 0.6 is 11.6 Å². The number of anilines is 1. The molecule has 0 bridgehead atoms. The van der Waals surface area contributed by atoms with Crippen LogP contribution in [0.4, 0.5) is 10.1 Å². The van der Waals surface area contributed by atoms with Crippen molar-refractivity contribution in [3.63, 3.8) is 0 Å². The van der Waals surface area contributed by atoms with Crippen LogP contribution in [-0.2, 0) is 0 Å². The Morgan fingerprint density at radius 1 is 1.26 bits per heavy atom. The van der Waals surface area contributed by atoms with Crippen molar-refractivity contribution in [2.45, 2.75) is 44.6 Å². The summed E-state index contributed by atoms with van der Waals surface area (Å²) in [7, 11) is 0. The normalized spacial score (nSPS) is 18.3. The van der Waals surface area contributed by atoms with Crippen molar-refractivity contribution in [3.8, 4) is 0 Å². The van der Waals surface area contributed by atoms with Gasteiger partial charge in [-0.3, -0.25) is 0 Å². The Balaban J connectivity index is 2.12. The van der Waals surface area contributed by atoms with Crippen LogP contribution in [0.1, 0.15) is 39.0 Å². The van der Waals surface area contributed by atoms with E-state index in [1.807, 2.05) is 0 Å². The predicted molar refractivity (Wildman–Crippen MR) is 79.4 cm³/mol. The summed E-state index contributed by atoms with van der Waals surface area (Å²) >= 11 is 5.85. The summed E-state index contributed by atoms with van der Waals surface area (Å²) in [5.74, 6) is -0.364. The number of benzene rings is 1. The number of hydrogen-bond acceptors (Lipinski definition) is 2. The standard InChI is InChI=1S/C15H22ClFN2/c1-2-18-11-15(8-4-3-5-9-15)19-12-6-7-14(17)13(16)10-12/h6-7,10,18-19H,2-5,8-9,11H2,1H3. The summed E-state index contributed by atoms with van der Waals surface area (Å²) in [6.07, 6.45) is 6.09. The van der Waals surface area contributed by atoms with Crippen LogP contribution < -0.4 is 10.6 Å². The van der Waals surface area contributed by atoms with Crippen LogP contribution in [0, 0.1) is 5.82 Å². The minimum absolute atomic E-state index is 0.0788. The first-order valence-electron chi connectivity index (χ1n) is 7.09. The molecule has 0 saturated heterocycles. The Morgan fingerprint density at radius 3 is 2.63 bits per heavy atom. The van der Waals surface area contributed by atoms with Gasteiger partial charge in [-0.1, -0.05) is 37.8 Å². The molecule has 0 heterocycles. The van der Waals surface area contributed by atoms with Gasteiger partial charge in [-0.05, 0) is 37.6 Å². The molecule has 0 aromatic heterocycles. The topological polar surface area (TPSA) is 24.1 Å². The molecular formula is C15H22ClFN2. The maximum Gasteiger partial charge on any atom is 0.141 e. The van der Waals surface area contributed by atoms with Crippen LogP contribution in [0.2, 0.25) is 5.02 Å². The molecule has 1 aromatic carbocycles. The van der Waals surface area contributed by atoms with Gasteiger partial charge in [0.25, 0.3) is 0 Å². The van der Waals surface area contributed by atoms with Crippen molar-refractivity contribution >= 4 is 17.3 Å². The lowest BCUT2D eigenvalue weighted by molar-refractivity contribution is 0.311. The van der Waals surface area contributed by atoms with Crippen LogP contribution in [0.25, 0.3) is 0 Å².